The smallest absolute Gasteiger partial charge is 0.315 e. The highest BCUT2D eigenvalue weighted by Crippen LogP contribution is 2.10. The highest BCUT2D eigenvalue weighted by Gasteiger charge is 2.28. The highest BCUT2D eigenvalue weighted by atomic mass is 32.2. The van der Waals surface area contributed by atoms with E-state index in [9.17, 15) is 13.2 Å². The molecule has 0 radical (unpaired) electrons. The van der Waals surface area contributed by atoms with E-state index in [2.05, 4.69) is 10.6 Å². The standard InChI is InChI=1S/C12H16N2O3S/c15-12(13-8-10-4-2-1-3-5-10)14-11-6-7-18(16,17)9-11/h1-5,11H,6-9H2,(H2,13,14,15)/t11-/m1/s1. The zero-order valence-corrected chi connectivity index (χ0v) is 10.7. The Morgan fingerprint density at radius 3 is 2.61 bits per heavy atom. The fourth-order valence-electron chi connectivity index (χ4n) is 1.92. The molecule has 1 heterocycles. The molecule has 2 amide bonds. The minimum atomic E-state index is -2.95. The van der Waals surface area contributed by atoms with E-state index in [4.69, 9.17) is 0 Å². The van der Waals surface area contributed by atoms with E-state index in [1.807, 2.05) is 30.3 Å². The van der Waals surface area contributed by atoms with E-state index in [1.54, 1.807) is 0 Å². The van der Waals surface area contributed by atoms with Crippen molar-refractivity contribution >= 4 is 15.9 Å². The summed E-state index contributed by atoms with van der Waals surface area (Å²) in [7, 11) is -2.95. The van der Waals surface area contributed by atoms with Crippen LogP contribution in [0.2, 0.25) is 0 Å². The van der Waals surface area contributed by atoms with Gasteiger partial charge in [0.2, 0.25) is 0 Å². The molecule has 1 aromatic carbocycles. The van der Waals surface area contributed by atoms with Crippen LogP contribution in [0.15, 0.2) is 30.3 Å². The van der Waals surface area contributed by atoms with Crippen LogP contribution < -0.4 is 10.6 Å². The van der Waals surface area contributed by atoms with Gasteiger partial charge in [0.05, 0.1) is 11.5 Å². The van der Waals surface area contributed by atoms with Crippen LogP contribution in [0.3, 0.4) is 0 Å². The van der Waals surface area contributed by atoms with Crippen molar-refractivity contribution in [2.45, 2.75) is 19.0 Å². The molecule has 0 unspecified atom stereocenters. The van der Waals surface area contributed by atoms with E-state index < -0.39 is 9.84 Å². The van der Waals surface area contributed by atoms with E-state index in [0.29, 0.717) is 13.0 Å². The van der Waals surface area contributed by atoms with Crippen LogP contribution in [0.5, 0.6) is 0 Å². The molecule has 0 spiro atoms. The summed E-state index contributed by atoms with van der Waals surface area (Å²) in [5.74, 6) is 0.211. The van der Waals surface area contributed by atoms with Crippen molar-refractivity contribution in [1.82, 2.24) is 10.6 Å². The monoisotopic (exact) mass is 268 g/mol. The lowest BCUT2D eigenvalue weighted by Crippen LogP contribution is -2.42. The van der Waals surface area contributed by atoms with Crippen molar-refractivity contribution < 1.29 is 13.2 Å². The average Bonchev–Trinajstić information content (AvgIpc) is 2.67. The summed E-state index contributed by atoms with van der Waals surface area (Å²) in [6, 6.07) is 8.97. The van der Waals surface area contributed by atoms with Gasteiger partial charge in [-0.2, -0.15) is 0 Å². The number of urea groups is 1. The van der Waals surface area contributed by atoms with Gasteiger partial charge >= 0.3 is 6.03 Å². The second-order valence-electron chi connectivity index (χ2n) is 4.41. The molecule has 6 heteroatoms. The minimum absolute atomic E-state index is 0.0474. The molecule has 1 aliphatic heterocycles. The normalized spacial score (nSPS) is 21.4. The van der Waals surface area contributed by atoms with Gasteiger partial charge in [0, 0.05) is 12.6 Å². The Bertz CT molecular complexity index is 513. The molecule has 18 heavy (non-hydrogen) atoms. The Balaban J connectivity index is 1.76. The van der Waals surface area contributed by atoms with E-state index in [0.717, 1.165) is 5.56 Å². The molecule has 1 saturated heterocycles. The largest absolute Gasteiger partial charge is 0.334 e. The molecule has 0 aliphatic carbocycles. The van der Waals surface area contributed by atoms with Crippen LogP contribution in [0.1, 0.15) is 12.0 Å². The minimum Gasteiger partial charge on any atom is -0.334 e. The molecule has 98 valence electrons. The summed E-state index contributed by atoms with van der Waals surface area (Å²) >= 11 is 0. The number of hydrogen-bond donors (Lipinski definition) is 2. The van der Waals surface area contributed by atoms with Crippen LogP contribution in [0.25, 0.3) is 0 Å². The van der Waals surface area contributed by atoms with Crippen molar-refractivity contribution in [2.75, 3.05) is 11.5 Å². The number of carbonyl (C=O) groups is 1. The van der Waals surface area contributed by atoms with Crippen LogP contribution in [0, 0.1) is 0 Å². The summed E-state index contributed by atoms with van der Waals surface area (Å²) in [5.41, 5.74) is 1.01. The maximum absolute atomic E-state index is 11.6. The van der Waals surface area contributed by atoms with Crippen LogP contribution in [-0.2, 0) is 16.4 Å². The van der Waals surface area contributed by atoms with Crippen molar-refractivity contribution in [1.29, 1.82) is 0 Å². The second kappa shape index (κ2) is 5.39. The fraction of sp³-hybridized carbons (Fsp3) is 0.417. The number of hydrogen-bond acceptors (Lipinski definition) is 3. The summed E-state index contributed by atoms with van der Waals surface area (Å²) in [4.78, 5) is 11.6. The maximum atomic E-state index is 11.6. The molecule has 5 nitrogen and oxygen atoms in total. The summed E-state index contributed by atoms with van der Waals surface area (Å²) < 4.78 is 22.5. The predicted molar refractivity (Wildman–Crippen MR) is 68.9 cm³/mol. The van der Waals surface area contributed by atoms with Crippen molar-refractivity contribution in [3.63, 3.8) is 0 Å². The van der Waals surface area contributed by atoms with Gasteiger partial charge in [-0.15, -0.1) is 0 Å². The second-order valence-corrected chi connectivity index (χ2v) is 6.64. The molecule has 0 bridgehead atoms. The molecule has 1 fully saturated rings. The lowest BCUT2D eigenvalue weighted by atomic mass is 10.2. The Kier molecular flexibility index (Phi) is 3.86. The summed E-state index contributed by atoms with van der Waals surface area (Å²) in [6.45, 7) is 0.437. The molecule has 1 aliphatic rings. The Hall–Kier alpha value is -1.56. The first-order valence-electron chi connectivity index (χ1n) is 5.84. The van der Waals surface area contributed by atoms with Crippen molar-refractivity contribution in [3.8, 4) is 0 Å². The predicted octanol–water partition coefficient (Wildman–Crippen LogP) is 0.673. The van der Waals surface area contributed by atoms with Gasteiger partial charge in [0.1, 0.15) is 0 Å². The number of nitrogens with one attached hydrogen (secondary N) is 2. The quantitative estimate of drug-likeness (QED) is 0.846. The zero-order valence-electron chi connectivity index (χ0n) is 9.93. The molecule has 0 saturated carbocycles. The van der Waals surface area contributed by atoms with Gasteiger partial charge in [-0.1, -0.05) is 30.3 Å². The Morgan fingerprint density at radius 1 is 1.28 bits per heavy atom. The van der Waals surface area contributed by atoms with Crippen LogP contribution in [0.4, 0.5) is 4.79 Å². The average molecular weight is 268 g/mol. The summed E-state index contributed by atoms with van der Waals surface area (Å²) in [5, 5.41) is 5.38. The number of amides is 2. The third-order valence-corrected chi connectivity index (χ3v) is 4.63. The lowest BCUT2D eigenvalue weighted by molar-refractivity contribution is 0.237. The molecule has 2 rings (SSSR count). The van der Waals surface area contributed by atoms with Crippen LogP contribution >= 0.6 is 0 Å². The molecule has 0 aromatic heterocycles. The van der Waals surface area contributed by atoms with Crippen molar-refractivity contribution in [3.05, 3.63) is 35.9 Å². The molecule has 1 atom stereocenters. The van der Waals surface area contributed by atoms with Crippen molar-refractivity contribution in [2.24, 2.45) is 0 Å². The van der Waals surface area contributed by atoms with E-state index >= 15 is 0 Å². The van der Waals surface area contributed by atoms with Crippen LogP contribution in [-0.4, -0.2) is 32.0 Å². The molecule has 2 N–H and O–H groups in total. The lowest BCUT2D eigenvalue weighted by Gasteiger charge is -2.11. The van der Waals surface area contributed by atoms with Gasteiger partial charge in [-0.05, 0) is 12.0 Å². The third-order valence-electron chi connectivity index (χ3n) is 2.86. The van der Waals surface area contributed by atoms with Gasteiger partial charge in [-0.25, -0.2) is 13.2 Å². The molecule has 1 aromatic rings. The fourth-order valence-corrected chi connectivity index (χ4v) is 3.60. The first-order chi connectivity index (χ1) is 8.55. The van der Waals surface area contributed by atoms with Gasteiger partial charge in [0.15, 0.2) is 9.84 Å². The molecular weight excluding hydrogens is 252 g/mol. The van der Waals surface area contributed by atoms with Gasteiger partial charge < -0.3 is 10.6 Å². The zero-order chi connectivity index (χ0) is 13.0. The number of benzene rings is 1. The van der Waals surface area contributed by atoms with E-state index in [-0.39, 0.29) is 23.6 Å². The SMILES string of the molecule is O=C(NCc1ccccc1)N[C@@H]1CCS(=O)(=O)C1. The first-order valence-corrected chi connectivity index (χ1v) is 7.66. The topological polar surface area (TPSA) is 75.3 Å². The highest BCUT2D eigenvalue weighted by molar-refractivity contribution is 7.91. The first kappa shape index (κ1) is 12.9. The number of sulfone groups is 1. The maximum Gasteiger partial charge on any atom is 0.315 e. The Labute approximate surface area is 107 Å². The Morgan fingerprint density at radius 2 is 2.00 bits per heavy atom. The molecular formula is C12H16N2O3S. The van der Waals surface area contributed by atoms with E-state index in [1.165, 1.54) is 0 Å². The third kappa shape index (κ3) is 3.73. The van der Waals surface area contributed by atoms with Gasteiger partial charge in [-0.3, -0.25) is 0 Å². The summed E-state index contributed by atoms with van der Waals surface area (Å²) in [6.07, 6.45) is 0.501. The van der Waals surface area contributed by atoms with Gasteiger partial charge in [0.25, 0.3) is 0 Å². The number of rotatable bonds is 3. The number of carbonyl (C=O) groups excluding carboxylic acids is 1.